The molecule has 1 aromatic carbocycles. The lowest BCUT2D eigenvalue weighted by Crippen LogP contribution is -2.24. The van der Waals surface area contributed by atoms with Crippen LogP contribution in [0.1, 0.15) is 23.2 Å². The summed E-state index contributed by atoms with van der Waals surface area (Å²) < 4.78 is 13.9. The van der Waals surface area contributed by atoms with Crippen molar-refractivity contribution in [1.29, 1.82) is 0 Å². The zero-order valence-electron chi connectivity index (χ0n) is 13.0. The van der Waals surface area contributed by atoms with Crippen LogP contribution in [0, 0.1) is 5.82 Å². The van der Waals surface area contributed by atoms with Gasteiger partial charge >= 0.3 is 0 Å². The van der Waals surface area contributed by atoms with Crippen molar-refractivity contribution in [2.45, 2.75) is 26.3 Å². The molecular formula is C16H20FN3OS. The summed E-state index contributed by atoms with van der Waals surface area (Å²) in [5.74, 6) is -0.395. The molecule has 0 unspecified atom stereocenters. The minimum atomic E-state index is -0.288. The van der Waals surface area contributed by atoms with Crippen LogP contribution in [-0.2, 0) is 24.2 Å². The topological polar surface area (TPSA) is 45.2 Å². The Hall–Kier alpha value is -1.95. The number of anilines is 1. The third-order valence-electron chi connectivity index (χ3n) is 3.23. The van der Waals surface area contributed by atoms with E-state index in [4.69, 9.17) is 0 Å². The Labute approximate surface area is 134 Å². The SMILES string of the molecule is CCc1nc(CC(=O)NCc2ccc(N(C)C)c(F)c2)cs1. The second kappa shape index (κ2) is 7.35. The van der Waals surface area contributed by atoms with Crippen molar-refractivity contribution in [3.05, 3.63) is 45.7 Å². The van der Waals surface area contributed by atoms with Crippen LogP contribution < -0.4 is 10.2 Å². The predicted octanol–water partition coefficient (Wildman–Crippen LogP) is 2.77. The smallest absolute Gasteiger partial charge is 0.226 e. The van der Waals surface area contributed by atoms with Gasteiger partial charge in [0, 0.05) is 26.0 Å². The molecular weight excluding hydrogens is 301 g/mol. The lowest BCUT2D eigenvalue weighted by atomic mass is 10.2. The average Bonchev–Trinajstić information content (AvgIpc) is 2.92. The first-order valence-electron chi connectivity index (χ1n) is 7.15. The van der Waals surface area contributed by atoms with E-state index in [1.807, 2.05) is 18.4 Å². The number of benzene rings is 1. The highest BCUT2D eigenvalue weighted by molar-refractivity contribution is 7.09. The number of carbonyl (C=O) groups excluding carboxylic acids is 1. The number of hydrogen-bond donors (Lipinski definition) is 1. The van der Waals surface area contributed by atoms with Gasteiger partial charge in [-0.3, -0.25) is 4.79 Å². The molecule has 4 nitrogen and oxygen atoms in total. The summed E-state index contributed by atoms with van der Waals surface area (Å²) in [6.45, 7) is 2.35. The molecule has 0 radical (unpaired) electrons. The number of nitrogens with zero attached hydrogens (tertiary/aromatic N) is 2. The molecule has 118 valence electrons. The molecule has 0 spiro atoms. The molecule has 1 amide bonds. The highest BCUT2D eigenvalue weighted by Crippen LogP contribution is 2.18. The van der Waals surface area contributed by atoms with Gasteiger partial charge in [-0.25, -0.2) is 9.37 Å². The van der Waals surface area contributed by atoms with Gasteiger partial charge in [-0.2, -0.15) is 0 Å². The maximum absolute atomic E-state index is 13.9. The quantitative estimate of drug-likeness (QED) is 0.890. The summed E-state index contributed by atoms with van der Waals surface area (Å²) in [6, 6.07) is 4.98. The van der Waals surface area contributed by atoms with Gasteiger partial charge in [-0.1, -0.05) is 13.0 Å². The Kier molecular flexibility index (Phi) is 5.49. The highest BCUT2D eigenvalue weighted by atomic mass is 32.1. The molecule has 0 fully saturated rings. The lowest BCUT2D eigenvalue weighted by molar-refractivity contribution is -0.120. The molecule has 22 heavy (non-hydrogen) atoms. The van der Waals surface area contributed by atoms with Crippen LogP contribution in [-0.4, -0.2) is 25.0 Å². The van der Waals surface area contributed by atoms with Crippen molar-refractivity contribution in [2.75, 3.05) is 19.0 Å². The van der Waals surface area contributed by atoms with Gasteiger partial charge in [0.05, 0.1) is 22.8 Å². The second-order valence-corrected chi connectivity index (χ2v) is 6.16. The fraction of sp³-hybridized carbons (Fsp3) is 0.375. The van der Waals surface area contributed by atoms with Crippen molar-refractivity contribution in [3.63, 3.8) is 0 Å². The molecule has 1 aromatic heterocycles. The fourth-order valence-corrected chi connectivity index (χ4v) is 2.79. The lowest BCUT2D eigenvalue weighted by Gasteiger charge is -2.14. The zero-order valence-corrected chi connectivity index (χ0v) is 13.8. The van der Waals surface area contributed by atoms with E-state index in [0.29, 0.717) is 12.2 Å². The first kappa shape index (κ1) is 16.4. The number of aryl methyl sites for hydroxylation is 1. The maximum atomic E-state index is 13.9. The second-order valence-electron chi connectivity index (χ2n) is 5.22. The van der Waals surface area contributed by atoms with E-state index >= 15 is 0 Å². The molecule has 6 heteroatoms. The molecule has 0 atom stereocenters. The standard InChI is InChI=1S/C16H20FN3OS/c1-4-16-19-12(10-22-16)8-15(21)18-9-11-5-6-14(20(2)3)13(17)7-11/h5-7,10H,4,8-9H2,1-3H3,(H,18,21). The number of amides is 1. The van der Waals surface area contributed by atoms with E-state index in [2.05, 4.69) is 10.3 Å². The molecule has 2 rings (SSSR count). The summed E-state index contributed by atoms with van der Waals surface area (Å²) in [4.78, 5) is 18.0. The first-order chi connectivity index (χ1) is 10.5. The van der Waals surface area contributed by atoms with Crippen LogP contribution in [0.5, 0.6) is 0 Å². The Morgan fingerprint density at radius 3 is 2.77 bits per heavy atom. The van der Waals surface area contributed by atoms with E-state index in [0.717, 1.165) is 22.7 Å². The van der Waals surface area contributed by atoms with Gasteiger partial charge in [-0.15, -0.1) is 11.3 Å². The van der Waals surface area contributed by atoms with Crippen LogP contribution >= 0.6 is 11.3 Å². The summed E-state index contributed by atoms with van der Waals surface area (Å²) in [6.07, 6.45) is 1.14. The zero-order chi connectivity index (χ0) is 16.1. The Morgan fingerprint density at radius 1 is 1.41 bits per heavy atom. The molecule has 2 aromatic rings. The molecule has 0 saturated heterocycles. The van der Waals surface area contributed by atoms with Crippen LogP contribution in [0.25, 0.3) is 0 Å². The van der Waals surface area contributed by atoms with E-state index in [1.54, 1.807) is 36.4 Å². The van der Waals surface area contributed by atoms with Gasteiger partial charge in [0.15, 0.2) is 0 Å². The number of halogens is 1. The molecule has 0 aliphatic carbocycles. The molecule has 1 heterocycles. The van der Waals surface area contributed by atoms with E-state index < -0.39 is 0 Å². The summed E-state index contributed by atoms with van der Waals surface area (Å²) in [5.41, 5.74) is 2.06. The van der Waals surface area contributed by atoms with Gasteiger partial charge in [0.25, 0.3) is 0 Å². The summed E-state index contributed by atoms with van der Waals surface area (Å²) in [5, 5.41) is 5.73. The molecule has 0 bridgehead atoms. The average molecular weight is 321 g/mol. The van der Waals surface area contributed by atoms with Crippen molar-refractivity contribution >= 4 is 22.9 Å². The predicted molar refractivity (Wildman–Crippen MR) is 87.8 cm³/mol. The van der Waals surface area contributed by atoms with Crippen molar-refractivity contribution in [1.82, 2.24) is 10.3 Å². The van der Waals surface area contributed by atoms with Crippen LogP contribution in [0.4, 0.5) is 10.1 Å². The number of aromatic nitrogens is 1. The van der Waals surface area contributed by atoms with E-state index in [9.17, 15) is 9.18 Å². The normalized spacial score (nSPS) is 10.5. The fourth-order valence-electron chi connectivity index (χ4n) is 2.04. The number of nitrogens with one attached hydrogen (secondary N) is 1. The Bertz CT molecular complexity index is 655. The molecule has 1 N–H and O–H groups in total. The van der Waals surface area contributed by atoms with Gasteiger partial charge in [0.1, 0.15) is 5.82 Å². The van der Waals surface area contributed by atoms with Crippen molar-refractivity contribution in [3.8, 4) is 0 Å². The van der Waals surface area contributed by atoms with Crippen LogP contribution in [0.15, 0.2) is 23.6 Å². The van der Waals surface area contributed by atoms with Gasteiger partial charge in [-0.05, 0) is 24.1 Å². The number of thiazole rings is 1. The summed E-state index contributed by atoms with van der Waals surface area (Å²) in [7, 11) is 3.58. The van der Waals surface area contributed by atoms with Crippen LogP contribution in [0.2, 0.25) is 0 Å². The van der Waals surface area contributed by atoms with Crippen molar-refractivity contribution < 1.29 is 9.18 Å². The Morgan fingerprint density at radius 2 is 2.18 bits per heavy atom. The van der Waals surface area contributed by atoms with Gasteiger partial charge in [0.2, 0.25) is 5.91 Å². The molecule has 0 saturated carbocycles. The maximum Gasteiger partial charge on any atom is 0.226 e. The molecule has 0 aliphatic heterocycles. The summed E-state index contributed by atoms with van der Waals surface area (Å²) >= 11 is 1.57. The first-order valence-corrected chi connectivity index (χ1v) is 8.03. The van der Waals surface area contributed by atoms with E-state index in [1.165, 1.54) is 6.07 Å². The molecule has 0 aliphatic rings. The number of rotatable bonds is 6. The number of hydrogen-bond acceptors (Lipinski definition) is 4. The third kappa shape index (κ3) is 4.27. The third-order valence-corrected chi connectivity index (χ3v) is 4.27. The monoisotopic (exact) mass is 321 g/mol. The highest BCUT2D eigenvalue weighted by Gasteiger charge is 2.09. The largest absolute Gasteiger partial charge is 0.375 e. The number of carbonyl (C=O) groups is 1. The van der Waals surface area contributed by atoms with Crippen LogP contribution in [0.3, 0.4) is 0 Å². The Balaban J connectivity index is 1.89. The van der Waals surface area contributed by atoms with Gasteiger partial charge < -0.3 is 10.2 Å². The minimum absolute atomic E-state index is 0.106. The van der Waals surface area contributed by atoms with Crippen molar-refractivity contribution in [2.24, 2.45) is 0 Å². The minimum Gasteiger partial charge on any atom is -0.375 e. The van der Waals surface area contributed by atoms with E-state index in [-0.39, 0.29) is 18.1 Å².